The maximum absolute atomic E-state index is 9.37. The van der Waals surface area contributed by atoms with E-state index in [1.807, 2.05) is 0 Å². The predicted octanol–water partition coefficient (Wildman–Crippen LogP) is 4.57. The first-order valence-corrected chi connectivity index (χ1v) is 10.2. The van der Waals surface area contributed by atoms with Crippen molar-refractivity contribution in [2.75, 3.05) is 0 Å². The van der Waals surface area contributed by atoms with E-state index in [2.05, 4.69) is 13.8 Å². The molecule has 0 fully saturated rings. The van der Waals surface area contributed by atoms with Crippen LogP contribution in [-0.4, -0.2) is 11.1 Å². The molecule has 0 aliphatic heterocycles. The van der Waals surface area contributed by atoms with Gasteiger partial charge in [-0.3, -0.25) is 4.79 Å². The van der Waals surface area contributed by atoms with Crippen LogP contribution in [0.4, 0.5) is 0 Å². The number of aliphatic carboxylic acids is 1. The summed E-state index contributed by atoms with van der Waals surface area (Å²) >= 11 is 0. The Hall–Kier alpha value is 0.470. The van der Waals surface area contributed by atoms with Crippen LogP contribution < -0.4 is 29.6 Å². The third-order valence-corrected chi connectivity index (χ3v) is 4.16. The van der Waals surface area contributed by atoms with Gasteiger partial charge in [-0.2, -0.15) is 6.42 Å². The predicted molar refractivity (Wildman–Crippen MR) is 103 cm³/mol. The van der Waals surface area contributed by atoms with Crippen LogP contribution in [0.25, 0.3) is 0 Å². The first-order chi connectivity index (χ1) is 11.2. The van der Waals surface area contributed by atoms with Gasteiger partial charge in [0.15, 0.2) is 0 Å². The monoisotopic (exact) mass is 350 g/mol. The third kappa shape index (κ3) is 33.9. The molecule has 140 valence electrons. The van der Waals surface area contributed by atoms with E-state index in [4.69, 9.17) is 5.11 Å². The van der Waals surface area contributed by atoms with Crippen molar-refractivity contribution in [2.24, 2.45) is 0 Å². The summed E-state index contributed by atoms with van der Waals surface area (Å²) in [7, 11) is 0. The van der Waals surface area contributed by atoms with E-state index in [9.17, 15) is 4.79 Å². The van der Waals surface area contributed by atoms with E-state index in [1.54, 1.807) is 6.92 Å². The maximum Gasteiger partial charge on any atom is 1.00 e. The summed E-state index contributed by atoms with van der Waals surface area (Å²) in [5.74, 6) is -0.745. The molecular weight excluding hydrogens is 307 g/mol. The second-order valence-electron chi connectivity index (χ2n) is 6.55. The van der Waals surface area contributed by atoms with Crippen molar-refractivity contribution in [1.82, 2.24) is 0 Å². The summed E-state index contributed by atoms with van der Waals surface area (Å²) in [6.07, 6.45) is 23.0. The van der Waals surface area contributed by atoms with Crippen molar-refractivity contribution in [3.05, 3.63) is 6.92 Å². The summed E-state index contributed by atoms with van der Waals surface area (Å²) in [6.45, 7) is 7.78. The summed E-state index contributed by atoms with van der Waals surface area (Å²) in [6, 6.07) is 0. The van der Waals surface area contributed by atoms with Gasteiger partial charge in [0.1, 0.15) is 0 Å². The molecule has 24 heavy (non-hydrogen) atoms. The van der Waals surface area contributed by atoms with Crippen LogP contribution in [0.15, 0.2) is 0 Å². The van der Waals surface area contributed by atoms with E-state index in [-0.39, 0.29) is 36.0 Å². The average Bonchev–Trinajstić information content (AvgIpc) is 2.55. The molecule has 1 N–H and O–H groups in total. The number of carboxylic acids is 1. The number of carboxylic acid groups (broad SMARTS) is 1. The van der Waals surface area contributed by atoms with Crippen LogP contribution in [0.5, 0.6) is 0 Å². The minimum absolute atomic E-state index is 0. The molecule has 0 aromatic rings. The van der Waals surface area contributed by atoms with E-state index in [1.165, 1.54) is 96.3 Å². The van der Waals surface area contributed by atoms with Crippen molar-refractivity contribution in [3.63, 3.8) is 0 Å². The molecule has 0 amide bonds. The average molecular weight is 351 g/mol. The number of hydrogen-bond acceptors (Lipinski definition) is 1. The van der Waals surface area contributed by atoms with Crippen LogP contribution in [-0.2, 0) is 4.79 Å². The van der Waals surface area contributed by atoms with Crippen molar-refractivity contribution in [1.29, 1.82) is 0 Å². The van der Waals surface area contributed by atoms with Crippen molar-refractivity contribution >= 4 is 5.97 Å². The van der Waals surface area contributed by atoms with Gasteiger partial charge < -0.3 is 12.0 Å². The number of rotatable bonds is 16. The van der Waals surface area contributed by atoms with Crippen LogP contribution >= 0.6 is 0 Å². The molecule has 0 unspecified atom stereocenters. The Morgan fingerprint density at radius 3 is 1.12 bits per heavy atom. The normalized spacial score (nSPS) is 9.79. The van der Waals surface area contributed by atoms with Gasteiger partial charge in [0.05, 0.1) is 0 Å². The van der Waals surface area contributed by atoms with Crippen molar-refractivity contribution in [2.45, 2.75) is 123 Å². The molecule has 0 bridgehead atoms. The minimum Gasteiger partial charge on any atom is -0.481 e. The first-order valence-electron chi connectivity index (χ1n) is 10.2. The smallest absolute Gasteiger partial charge is 0.481 e. The van der Waals surface area contributed by atoms with E-state index < -0.39 is 5.97 Å². The molecule has 3 heteroatoms. The third-order valence-electron chi connectivity index (χ3n) is 4.16. The van der Waals surface area contributed by atoms with E-state index in [0.717, 1.165) is 6.42 Å². The fraction of sp³-hybridized carbons (Fsp3) is 0.905. The Morgan fingerprint density at radius 2 is 0.917 bits per heavy atom. The van der Waals surface area contributed by atoms with Gasteiger partial charge in [-0.15, -0.1) is 0 Å². The van der Waals surface area contributed by atoms with Gasteiger partial charge in [-0.05, 0) is 0 Å². The van der Waals surface area contributed by atoms with Gasteiger partial charge in [-0.1, -0.05) is 110 Å². The molecule has 0 saturated carbocycles. The van der Waals surface area contributed by atoms with E-state index in [0.29, 0.717) is 0 Å². The summed E-state index contributed by atoms with van der Waals surface area (Å²) in [5, 5.41) is 7.72. The Bertz CT molecular complexity index is 204. The summed E-state index contributed by atoms with van der Waals surface area (Å²) in [5.41, 5.74) is 0. The van der Waals surface area contributed by atoms with Gasteiger partial charge in [0.25, 0.3) is 0 Å². The van der Waals surface area contributed by atoms with Crippen LogP contribution in [0.2, 0.25) is 0 Å². The Morgan fingerprint density at radius 1 is 0.667 bits per heavy atom. The topological polar surface area (TPSA) is 37.3 Å². The van der Waals surface area contributed by atoms with E-state index >= 15 is 0 Å². The zero-order valence-corrected chi connectivity index (χ0v) is 19.1. The summed E-state index contributed by atoms with van der Waals surface area (Å²) < 4.78 is 0. The minimum atomic E-state index is -0.745. The molecule has 0 heterocycles. The van der Waals surface area contributed by atoms with Crippen LogP contribution in [0, 0.1) is 6.92 Å². The standard InChI is InChI=1S/C18H37.C3H6O2.Na/c1-3-5-7-9-11-13-15-17-18-16-14-12-10-8-6-4-2;1-2-3(4)5;/h1,3-18H2,2H3;2H2,1H3,(H,4,5);/q-1;;+1. The van der Waals surface area contributed by atoms with Gasteiger partial charge in [-0.25, -0.2) is 0 Å². The van der Waals surface area contributed by atoms with Gasteiger partial charge in [0.2, 0.25) is 0 Å². The molecule has 0 aliphatic carbocycles. The molecule has 0 spiro atoms. The zero-order chi connectivity index (χ0) is 17.6. The van der Waals surface area contributed by atoms with Crippen LogP contribution in [0.1, 0.15) is 123 Å². The Kier molecular flexibility index (Phi) is 34.5. The van der Waals surface area contributed by atoms with Crippen LogP contribution in [0.3, 0.4) is 0 Å². The number of hydrogen-bond donors (Lipinski definition) is 1. The molecule has 0 atom stereocenters. The fourth-order valence-electron chi connectivity index (χ4n) is 2.55. The number of carbonyl (C=O) groups is 1. The SMILES string of the molecule is CCC(=O)O.[CH2-]CCCCCCCCCCCCCCCCC.[Na+]. The van der Waals surface area contributed by atoms with Gasteiger partial charge in [0, 0.05) is 6.42 Å². The molecule has 2 nitrogen and oxygen atoms in total. The molecule has 0 aromatic heterocycles. The van der Waals surface area contributed by atoms with Crippen molar-refractivity contribution < 1.29 is 39.5 Å². The fourth-order valence-corrected chi connectivity index (χ4v) is 2.55. The Balaban J connectivity index is -0.000000639. The first kappa shape index (κ1) is 29.2. The quantitative estimate of drug-likeness (QED) is 0.252. The second-order valence-corrected chi connectivity index (χ2v) is 6.55. The number of unbranched alkanes of at least 4 members (excludes halogenated alkanes) is 15. The second kappa shape index (κ2) is 28.3. The van der Waals surface area contributed by atoms with Gasteiger partial charge >= 0.3 is 35.5 Å². The molecular formula is C21H43NaO2. The molecule has 0 aliphatic rings. The molecule has 0 saturated heterocycles. The molecule has 0 radical (unpaired) electrons. The molecule has 0 aromatic carbocycles. The Labute approximate surface area is 174 Å². The molecule has 0 rings (SSSR count). The zero-order valence-electron chi connectivity index (χ0n) is 17.1. The summed E-state index contributed by atoms with van der Waals surface area (Å²) in [4.78, 5) is 9.37. The van der Waals surface area contributed by atoms with Crippen molar-refractivity contribution in [3.8, 4) is 0 Å². The largest absolute Gasteiger partial charge is 1.00 e. The maximum atomic E-state index is 9.37.